The van der Waals surface area contributed by atoms with Gasteiger partial charge in [-0.3, -0.25) is 0 Å². The molecule has 0 aliphatic carbocycles. The van der Waals surface area contributed by atoms with Crippen molar-refractivity contribution in [2.75, 3.05) is 12.1 Å². The maximum Gasteiger partial charge on any atom is 0.105 e. The van der Waals surface area contributed by atoms with Gasteiger partial charge in [-0.1, -0.05) is 0 Å². The van der Waals surface area contributed by atoms with Gasteiger partial charge in [-0.05, 0) is 6.26 Å². The molecule has 3 heteroatoms. The van der Waals surface area contributed by atoms with E-state index in [0.29, 0.717) is 5.88 Å². The molecule has 0 aliphatic rings. The second kappa shape index (κ2) is 4.29. The van der Waals surface area contributed by atoms with Crippen LogP contribution in [0.1, 0.15) is 0 Å². The number of halogens is 1. The first kappa shape index (κ1) is 7.13. The van der Waals surface area contributed by atoms with Crippen LogP contribution in [0, 0.1) is 11.3 Å². The summed E-state index contributed by atoms with van der Waals surface area (Å²) in [6.45, 7) is 0. The Morgan fingerprint density at radius 1 is 2.00 bits per heavy atom. The average molecular weight is 136 g/mol. The van der Waals surface area contributed by atoms with Crippen LogP contribution in [0.3, 0.4) is 0 Å². The lowest BCUT2D eigenvalue weighted by Crippen LogP contribution is -1.97. The highest BCUT2D eigenvalue weighted by atomic mass is 35.5. The number of alkyl halides is 1. The van der Waals surface area contributed by atoms with Crippen LogP contribution in [-0.4, -0.2) is 17.4 Å². The fourth-order valence-corrected chi connectivity index (χ4v) is 0.829. The van der Waals surface area contributed by atoms with Crippen molar-refractivity contribution < 1.29 is 0 Å². The van der Waals surface area contributed by atoms with E-state index in [1.54, 1.807) is 0 Å². The van der Waals surface area contributed by atoms with Crippen LogP contribution < -0.4 is 0 Å². The van der Waals surface area contributed by atoms with Crippen molar-refractivity contribution in [3.05, 3.63) is 0 Å². The molecule has 0 fully saturated rings. The summed E-state index contributed by atoms with van der Waals surface area (Å²) in [7, 11) is 0. The van der Waals surface area contributed by atoms with E-state index in [4.69, 9.17) is 16.9 Å². The molecule has 0 aliphatic heterocycles. The molecule has 7 heavy (non-hydrogen) atoms. The van der Waals surface area contributed by atoms with Gasteiger partial charge in [0.25, 0.3) is 0 Å². The summed E-state index contributed by atoms with van der Waals surface area (Å²) in [6.07, 6.45) is 1.87. The molecule has 0 saturated carbocycles. The molecule has 0 saturated heterocycles. The van der Waals surface area contributed by atoms with E-state index in [-0.39, 0.29) is 5.25 Å². The van der Waals surface area contributed by atoms with Crippen LogP contribution in [0.2, 0.25) is 0 Å². The molecule has 0 aromatic heterocycles. The Bertz CT molecular complexity index is 74.2. The van der Waals surface area contributed by atoms with Crippen molar-refractivity contribution in [1.29, 1.82) is 5.26 Å². The maximum absolute atomic E-state index is 8.17. The van der Waals surface area contributed by atoms with E-state index in [2.05, 4.69) is 0 Å². The normalized spacial score (nSPS) is 12.7. The van der Waals surface area contributed by atoms with E-state index in [1.807, 2.05) is 12.3 Å². The van der Waals surface area contributed by atoms with E-state index >= 15 is 0 Å². The van der Waals surface area contributed by atoms with Crippen LogP contribution in [0.15, 0.2) is 0 Å². The summed E-state index contributed by atoms with van der Waals surface area (Å²) in [5.74, 6) is 0.428. The number of hydrogen-bond donors (Lipinski definition) is 0. The standard InChI is InChI=1S/C4H6ClNS/c1-7-4(2-5)3-6/h4H,2H2,1H3. The zero-order valence-corrected chi connectivity index (χ0v) is 5.59. The summed E-state index contributed by atoms with van der Waals surface area (Å²) in [5, 5.41) is 8.14. The highest BCUT2D eigenvalue weighted by Gasteiger charge is 1.98. The average Bonchev–Trinajstić information content (AvgIpc) is 1.72. The zero-order chi connectivity index (χ0) is 5.70. The smallest absolute Gasteiger partial charge is 0.105 e. The van der Waals surface area contributed by atoms with Gasteiger partial charge in [0.1, 0.15) is 5.25 Å². The minimum absolute atomic E-state index is 0.0262. The largest absolute Gasteiger partial charge is 0.197 e. The molecular weight excluding hydrogens is 130 g/mol. The van der Waals surface area contributed by atoms with Crippen LogP contribution in [0.25, 0.3) is 0 Å². The van der Waals surface area contributed by atoms with Gasteiger partial charge in [0, 0.05) is 5.88 Å². The Labute approximate surface area is 52.7 Å². The summed E-state index contributed by atoms with van der Waals surface area (Å²) in [6, 6.07) is 2.03. The van der Waals surface area contributed by atoms with Crippen LogP contribution in [0.5, 0.6) is 0 Å². The van der Waals surface area contributed by atoms with Crippen molar-refractivity contribution in [3.8, 4) is 6.07 Å². The highest BCUT2D eigenvalue weighted by Crippen LogP contribution is 2.05. The van der Waals surface area contributed by atoms with Gasteiger partial charge in [0.15, 0.2) is 0 Å². The summed E-state index contributed by atoms with van der Waals surface area (Å²) in [5.41, 5.74) is 0. The lowest BCUT2D eigenvalue weighted by molar-refractivity contribution is 1.26. The highest BCUT2D eigenvalue weighted by molar-refractivity contribution is 7.99. The van der Waals surface area contributed by atoms with Crippen LogP contribution in [0.4, 0.5) is 0 Å². The molecule has 1 nitrogen and oxygen atoms in total. The minimum Gasteiger partial charge on any atom is -0.197 e. The third kappa shape index (κ3) is 2.78. The van der Waals surface area contributed by atoms with E-state index < -0.39 is 0 Å². The molecule has 0 radical (unpaired) electrons. The molecule has 1 atom stereocenters. The number of nitriles is 1. The van der Waals surface area contributed by atoms with Gasteiger partial charge in [-0.25, -0.2) is 0 Å². The topological polar surface area (TPSA) is 23.8 Å². The molecule has 0 amide bonds. The first-order valence-electron chi connectivity index (χ1n) is 1.83. The summed E-state index contributed by atoms with van der Waals surface area (Å²) in [4.78, 5) is 0. The first-order chi connectivity index (χ1) is 3.35. The Balaban J connectivity index is 3.23. The Morgan fingerprint density at radius 2 is 2.57 bits per heavy atom. The van der Waals surface area contributed by atoms with Gasteiger partial charge in [-0.2, -0.15) is 5.26 Å². The molecule has 0 spiro atoms. The lowest BCUT2D eigenvalue weighted by Gasteiger charge is -1.93. The number of nitrogens with zero attached hydrogens (tertiary/aromatic N) is 1. The fourth-order valence-electron chi connectivity index (χ4n) is 0.150. The van der Waals surface area contributed by atoms with Crippen LogP contribution in [-0.2, 0) is 0 Å². The molecule has 40 valence electrons. The summed E-state index contributed by atoms with van der Waals surface area (Å²) >= 11 is 6.80. The monoisotopic (exact) mass is 135 g/mol. The number of rotatable bonds is 2. The Morgan fingerprint density at radius 3 is 2.57 bits per heavy atom. The van der Waals surface area contributed by atoms with E-state index in [1.165, 1.54) is 11.8 Å². The first-order valence-corrected chi connectivity index (χ1v) is 3.65. The zero-order valence-electron chi connectivity index (χ0n) is 4.02. The molecule has 0 aromatic carbocycles. The van der Waals surface area contributed by atoms with Crippen molar-refractivity contribution in [2.24, 2.45) is 0 Å². The molecule has 0 aromatic rings. The predicted molar refractivity (Wildman–Crippen MR) is 33.6 cm³/mol. The second-order valence-electron chi connectivity index (χ2n) is 1.01. The predicted octanol–water partition coefficient (Wildman–Crippen LogP) is 1.48. The van der Waals surface area contributed by atoms with Gasteiger partial charge < -0.3 is 0 Å². The number of hydrogen-bond acceptors (Lipinski definition) is 2. The van der Waals surface area contributed by atoms with Crippen molar-refractivity contribution in [3.63, 3.8) is 0 Å². The van der Waals surface area contributed by atoms with Crippen LogP contribution >= 0.6 is 23.4 Å². The lowest BCUT2D eigenvalue weighted by atomic mass is 10.5. The second-order valence-corrected chi connectivity index (χ2v) is 2.36. The van der Waals surface area contributed by atoms with Gasteiger partial charge in [0.05, 0.1) is 6.07 Å². The quantitative estimate of drug-likeness (QED) is 0.536. The van der Waals surface area contributed by atoms with E-state index in [9.17, 15) is 0 Å². The molecule has 1 unspecified atom stereocenters. The maximum atomic E-state index is 8.17. The molecule has 0 N–H and O–H groups in total. The summed E-state index contributed by atoms with van der Waals surface area (Å²) < 4.78 is 0. The van der Waals surface area contributed by atoms with Crippen molar-refractivity contribution in [2.45, 2.75) is 5.25 Å². The third-order valence-corrected chi connectivity index (χ3v) is 1.90. The van der Waals surface area contributed by atoms with E-state index in [0.717, 1.165) is 0 Å². The number of thioether (sulfide) groups is 1. The van der Waals surface area contributed by atoms with Gasteiger partial charge >= 0.3 is 0 Å². The van der Waals surface area contributed by atoms with Crippen molar-refractivity contribution >= 4 is 23.4 Å². The van der Waals surface area contributed by atoms with Gasteiger partial charge in [-0.15, -0.1) is 23.4 Å². The molecule has 0 rings (SSSR count). The molecular formula is C4H6ClNS. The Hall–Kier alpha value is 0.130. The minimum atomic E-state index is -0.0262. The molecule has 0 bridgehead atoms. The van der Waals surface area contributed by atoms with Crippen molar-refractivity contribution in [1.82, 2.24) is 0 Å². The Kier molecular flexibility index (Phi) is 4.37. The van der Waals surface area contributed by atoms with Gasteiger partial charge in [0.2, 0.25) is 0 Å². The fraction of sp³-hybridized carbons (Fsp3) is 0.750. The third-order valence-electron chi connectivity index (χ3n) is 0.569. The molecule has 0 heterocycles. The SMILES string of the molecule is CSC(C#N)CCl.